The van der Waals surface area contributed by atoms with Crippen LogP contribution in [0.4, 0.5) is 0 Å². The summed E-state index contributed by atoms with van der Waals surface area (Å²) >= 11 is 3.41. The van der Waals surface area contributed by atoms with Crippen LogP contribution in [0.2, 0.25) is 0 Å². The van der Waals surface area contributed by atoms with Gasteiger partial charge in [-0.1, -0.05) is 58.4 Å². The van der Waals surface area contributed by atoms with E-state index in [0.29, 0.717) is 5.56 Å². The molecule has 0 spiro atoms. The van der Waals surface area contributed by atoms with Gasteiger partial charge in [-0.15, -0.1) is 0 Å². The van der Waals surface area contributed by atoms with Crippen LogP contribution in [0.1, 0.15) is 22.0 Å². The van der Waals surface area contributed by atoms with Crippen molar-refractivity contribution in [2.75, 3.05) is 27.2 Å². The van der Waals surface area contributed by atoms with Crippen LogP contribution in [0.15, 0.2) is 64.1 Å². The first-order valence-corrected chi connectivity index (χ1v) is 8.70. The average molecular weight is 386 g/mol. The van der Waals surface area contributed by atoms with Gasteiger partial charge >= 0.3 is 0 Å². The second-order valence-electron chi connectivity index (χ2n) is 5.96. The third-order valence-corrected chi connectivity index (χ3v) is 4.72. The molecule has 4 nitrogen and oxygen atoms in total. The molecule has 24 heavy (non-hydrogen) atoms. The SMILES string of the molecule is CN1CCN(C)C1=NC(C(=O)c1ccc(Br)cc1)c1ccccc1. The van der Waals surface area contributed by atoms with Gasteiger partial charge in [-0.25, -0.2) is 4.99 Å². The largest absolute Gasteiger partial charge is 0.344 e. The molecule has 124 valence electrons. The number of carbonyl (C=O) groups excluding carboxylic acids is 1. The van der Waals surface area contributed by atoms with Crippen LogP contribution in [0.25, 0.3) is 0 Å². The zero-order valence-corrected chi connectivity index (χ0v) is 15.4. The Bertz CT molecular complexity index is 731. The van der Waals surface area contributed by atoms with Crippen molar-refractivity contribution < 1.29 is 4.79 Å². The van der Waals surface area contributed by atoms with Crippen LogP contribution in [-0.4, -0.2) is 48.7 Å². The first-order valence-electron chi connectivity index (χ1n) is 7.91. The minimum absolute atomic E-state index is 0.00917. The van der Waals surface area contributed by atoms with Gasteiger partial charge in [-0.3, -0.25) is 4.79 Å². The molecule has 1 aliphatic heterocycles. The molecule has 1 unspecified atom stereocenters. The van der Waals surface area contributed by atoms with Crippen molar-refractivity contribution in [2.24, 2.45) is 4.99 Å². The van der Waals surface area contributed by atoms with Gasteiger partial charge < -0.3 is 9.80 Å². The molecule has 1 saturated heterocycles. The Labute approximate surface area is 150 Å². The lowest BCUT2D eigenvalue weighted by molar-refractivity contribution is 0.0961. The standard InChI is InChI=1S/C19H20BrN3O/c1-22-12-13-23(2)19(22)21-17(14-6-4-3-5-7-14)18(24)15-8-10-16(20)11-9-15/h3-11,17H,12-13H2,1-2H3. The zero-order chi connectivity index (χ0) is 17.1. The number of hydrogen-bond donors (Lipinski definition) is 0. The quantitative estimate of drug-likeness (QED) is 0.754. The second kappa shape index (κ2) is 7.18. The lowest BCUT2D eigenvalue weighted by atomic mass is 9.98. The van der Waals surface area contributed by atoms with E-state index in [9.17, 15) is 4.79 Å². The van der Waals surface area contributed by atoms with Gasteiger partial charge in [0.05, 0.1) is 0 Å². The molecule has 3 rings (SSSR count). The summed E-state index contributed by atoms with van der Waals surface area (Å²) in [4.78, 5) is 22.1. The zero-order valence-electron chi connectivity index (χ0n) is 13.8. The first-order chi connectivity index (χ1) is 11.6. The van der Waals surface area contributed by atoms with Crippen LogP contribution < -0.4 is 0 Å². The number of ketones is 1. The molecule has 1 aliphatic rings. The molecule has 0 saturated carbocycles. The van der Waals surface area contributed by atoms with Crippen molar-refractivity contribution in [2.45, 2.75) is 6.04 Å². The highest BCUT2D eigenvalue weighted by Gasteiger charge is 2.26. The fraction of sp³-hybridized carbons (Fsp3) is 0.263. The number of carbonyl (C=O) groups is 1. The van der Waals surface area contributed by atoms with Crippen molar-refractivity contribution in [1.82, 2.24) is 9.80 Å². The van der Waals surface area contributed by atoms with E-state index in [1.165, 1.54) is 0 Å². The smallest absolute Gasteiger partial charge is 0.197 e. The molecule has 1 fully saturated rings. The molecule has 0 amide bonds. The Morgan fingerprint density at radius 2 is 1.58 bits per heavy atom. The van der Waals surface area contributed by atoms with Crippen molar-refractivity contribution in [3.05, 3.63) is 70.2 Å². The number of rotatable bonds is 4. The maximum Gasteiger partial charge on any atom is 0.197 e. The Morgan fingerprint density at radius 3 is 2.17 bits per heavy atom. The van der Waals surface area contributed by atoms with E-state index < -0.39 is 6.04 Å². The highest BCUT2D eigenvalue weighted by molar-refractivity contribution is 9.10. The van der Waals surface area contributed by atoms with Crippen LogP contribution in [0.5, 0.6) is 0 Å². The third-order valence-electron chi connectivity index (χ3n) is 4.19. The van der Waals surface area contributed by atoms with E-state index in [-0.39, 0.29) is 5.78 Å². The summed E-state index contributed by atoms with van der Waals surface area (Å²) in [6, 6.07) is 16.7. The maximum absolute atomic E-state index is 13.1. The van der Waals surface area contributed by atoms with Gasteiger partial charge in [0.2, 0.25) is 0 Å². The Hall–Kier alpha value is -2.14. The van der Waals surface area contributed by atoms with E-state index in [0.717, 1.165) is 29.1 Å². The number of aliphatic imine (C=N–C) groups is 1. The number of benzene rings is 2. The molecule has 0 aliphatic carbocycles. The molecule has 0 aromatic heterocycles. The van der Waals surface area contributed by atoms with E-state index in [4.69, 9.17) is 4.99 Å². The lowest BCUT2D eigenvalue weighted by Crippen LogP contribution is -2.30. The highest BCUT2D eigenvalue weighted by Crippen LogP contribution is 2.25. The summed E-state index contributed by atoms with van der Waals surface area (Å²) in [5.74, 6) is 0.865. The van der Waals surface area contributed by atoms with Crippen LogP contribution in [0, 0.1) is 0 Å². The van der Waals surface area contributed by atoms with E-state index in [2.05, 4.69) is 25.7 Å². The van der Waals surface area contributed by atoms with Crippen LogP contribution in [-0.2, 0) is 0 Å². The third kappa shape index (κ3) is 3.51. The molecule has 0 radical (unpaired) electrons. The number of Topliss-reactive ketones (excluding diaryl/α,β-unsaturated/α-hetero) is 1. The summed E-state index contributed by atoms with van der Waals surface area (Å²) in [5, 5.41) is 0. The monoisotopic (exact) mass is 385 g/mol. The number of guanidine groups is 1. The summed E-state index contributed by atoms with van der Waals surface area (Å²) in [5.41, 5.74) is 1.58. The van der Waals surface area contributed by atoms with Crippen LogP contribution >= 0.6 is 15.9 Å². The predicted molar refractivity (Wildman–Crippen MR) is 100 cm³/mol. The Kier molecular flexibility index (Phi) is 5.00. The highest BCUT2D eigenvalue weighted by atomic mass is 79.9. The predicted octanol–water partition coefficient (Wildman–Crippen LogP) is 3.61. The Balaban J connectivity index is 2.01. The van der Waals surface area contributed by atoms with Gasteiger partial charge in [0, 0.05) is 37.2 Å². The van der Waals surface area contributed by atoms with Gasteiger partial charge in [0.1, 0.15) is 6.04 Å². The van der Waals surface area contributed by atoms with E-state index >= 15 is 0 Å². The molecular weight excluding hydrogens is 366 g/mol. The molecule has 5 heteroatoms. The van der Waals surface area contributed by atoms with Crippen LogP contribution in [0.3, 0.4) is 0 Å². The minimum atomic E-state index is -0.537. The van der Waals surface area contributed by atoms with E-state index in [1.807, 2.05) is 68.7 Å². The minimum Gasteiger partial charge on any atom is -0.344 e. The number of nitrogens with zero attached hydrogens (tertiary/aromatic N) is 3. The molecule has 0 N–H and O–H groups in total. The molecular formula is C19H20BrN3O. The second-order valence-corrected chi connectivity index (χ2v) is 6.87. The van der Waals surface area contributed by atoms with Gasteiger partial charge in [-0.05, 0) is 17.7 Å². The summed E-state index contributed by atoms with van der Waals surface area (Å²) in [6.07, 6.45) is 0. The van der Waals surface area contributed by atoms with Gasteiger partial charge in [-0.2, -0.15) is 0 Å². The molecule has 1 atom stereocenters. The van der Waals surface area contributed by atoms with E-state index in [1.54, 1.807) is 0 Å². The summed E-state index contributed by atoms with van der Waals surface area (Å²) in [7, 11) is 4.02. The van der Waals surface area contributed by atoms with Gasteiger partial charge in [0.15, 0.2) is 11.7 Å². The summed E-state index contributed by atoms with van der Waals surface area (Å²) < 4.78 is 0.955. The van der Waals surface area contributed by atoms with Crippen molar-refractivity contribution in [3.8, 4) is 0 Å². The summed E-state index contributed by atoms with van der Waals surface area (Å²) in [6.45, 7) is 1.84. The number of likely N-dealkylation sites (N-methyl/N-ethyl adjacent to an activating group) is 2. The maximum atomic E-state index is 13.1. The van der Waals surface area contributed by atoms with Crippen molar-refractivity contribution in [3.63, 3.8) is 0 Å². The normalized spacial score (nSPS) is 15.5. The first kappa shape index (κ1) is 16.7. The fourth-order valence-corrected chi connectivity index (χ4v) is 3.06. The average Bonchev–Trinajstić information content (AvgIpc) is 2.92. The molecule has 0 bridgehead atoms. The molecule has 2 aromatic rings. The fourth-order valence-electron chi connectivity index (χ4n) is 2.80. The van der Waals surface area contributed by atoms with Gasteiger partial charge in [0.25, 0.3) is 0 Å². The molecule has 2 aromatic carbocycles. The van der Waals surface area contributed by atoms with Crippen molar-refractivity contribution in [1.29, 1.82) is 0 Å². The topological polar surface area (TPSA) is 35.9 Å². The van der Waals surface area contributed by atoms with Crippen molar-refractivity contribution >= 4 is 27.7 Å². The number of halogens is 1. The number of hydrogen-bond acceptors (Lipinski definition) is 2. The Morgan fingerprint density at radius 1 is 1.00 bits per heavy atom. The molecule has 1 heterocycles. The lowest BCUT2D eigenvalue weighted by Gasteiger charge is -2.20.